The van der Waals surface area contributed by atoms with Gasteiger partial charge in [-0.05, 0) is 40.4 Å². The zero-order chi connectivity index (χ0) is 26.1. The van der Waals surface area contributed by atoms with E-state index in [9.17, 15) is 0 Å². The van der Waals surface area contributed by atoms with Gasteiger partial charge in [0.2, 0.25) is 0 Å². The van der Waals surface area contributed by atoms with E-state index in [1.54, 1.807) is 5.57 Å². The number of benzene rings is 1. The van der Waals surface area contributed by atoms with Gasteiger partial charge in [0.25, 0.3) is 0 Å². The summed E-state index contributed by atoms with van der Waals surface area (Å²) in [5.74, 6) is 1.41. The van der Waals surface area contributed by atoms with Crippen LogP contribution < -0.4 is 10.4 Å². The van der Waals surface area contributed by atoms with Crippen molar-refractivity contribution in [3.8, 4) is 0 Å². The van der Waals surface area contributed by atoms with Gasteiger partial charge in [0, 0.05) is 26.2 Å². The maximum absolute atomic E-state index is 4.04. The molecule has 3 aliphatic rings. The topological polar surface area (TPSA) is 0 Å². The first-order valence-corrected chi connectivity index (χ1v) is 13.8. The fourth-order valence-corrected chi connectivity index (χ4v) is 7.20. The van der Waals surface area contributed by atoms with Crippen molar-refractivity contribution in [2.45, 2.75) is 101 Å². The minimum atomic E-state index is -0.0439. The summed E-state index contributed by atoms with van der Waals surface area (Å²) < 4.78 is 0. The summed E-state index contributed by atoms with van der Waals surface area (Å²) in [6.45, 7) is 28.7. The first kappa shape index (κ1) is 29.4. The van der Waals surface area contributed by atoms with Gasteiger partial charge in [0.1, 0.15) is 0 Å². The summed E-state index contributed by atoms with van der Waals surface area (Å²) in [6, 6.07) is 4.91. The van der Waals surface area contributed by atoms with Crippen molar-refractivity contribution in [1.29, 1.82) is 0 Å². The predicted molar refractivity (Wildman–Crippen MR) is 154 cm³/mol. The van der Waals surface area contributed by atoms with E-state index in [0.717, 1.165) is 6.42 Å². The van der Waals surface area contributed by atoms with Gasteiger partial charge in [-0.2, -0.15) is 0 Å². The predicted octanol–water partition coefficient (Wildman–Crippen LogP) is 8.39. The van der Waals surface area contributed by atoms with Crippen molar-refractivity contribution in [3.05, 3.63) is 80.3 Å². The SMILES string of the molecule is CC(C)C1=CC2=c3c(C(C)C)cc(C(C)(C)C)cc3=[C-]C2=C(C2=CC=CC2)C1(C(C)C)C(C)(C)C.[Zr]. The second-order valence-corrected chi connectivity index (χ2v) is 14.0. The quantitative estimate of drug-likeness (QED) is 0.326. The Bertz CT molecular complexity index is 1290. The van der Waals surface area contributed by atoms with Gasteiger partial charge >= 0.3 is 0 Å². The Hall–Kier alpha value is -1.20. The third-order valence-corrected chi connectivity index (χ3v) is 8.62. The summed E-state index contributed by atoms with van der Waals surface area (Å²) in [5.41, 5.74) is 10.4. The molecule has 1 unspecified atom stereocenters. The van der Waals surface area contributed by atoms with E-state index in [1.165, 1.54) is 43.9 Å². The first-order valence-electron chi connectivity index (χ1n) is 13.8. The first-order chi connectivity index (χ1) is 16.1. The molecule has 1 aromatic carbocycles. The average molecular weight is 559 g/mol. The van der Waals surface area contributed by atoms with Crippen LogP contribution in [0, 0.1) is 22.7 Å². The zero-order valence-electron chi connectivity index (χ0n) is 24.9. The third kappa shape index (κ3) is 4.40. The maximum Gasteiger partial charge on any atom is 0 e. The Kier molecular flexibility index (Phi) is 8.02. The number of hydrogen-bond acceptors (Lipinski definition) is 0. The molecule has 0 spiro atoms. The molecule has 1 aromatic rings. The summed E-state index contributed by atoms with van der Waals surface area (Å²) in [5, 5.41) is 2.72. The van der Waals surface area contributed by atoms with Gasteiger partial charge in [-0.25, -0.2) is 0 Å². The Balaban J connectivity index is 0.00000361. The summed E-state index contributed by atoms with van der Waals surface area (Å²) >= 11 is 0. The van der Waals surface area contributed by atoms with Crippen molar-refractivity contribution in [3.63, 3.8) is 0 Å². The molecule has 0 aliphatic heterocycles. The number of rotatable bonds is 4. The summed E-state index contributed by atoms with van der Waals surface area (Å²) in [7, 11) is 0. The van der Waals surface area contributed by atoms with E-state index >= 15 is 0 Å². The molecular formula is C35H47Zr-. The van der Waals surface area contributed by atoms with Crippen LogP contribution in [-0.4, -0.2) is 0 Å². The van der Waals surface area contributed by atoms with Crippen molar-refractivity contribution in [1.82, 2.24) is 0 Å². The number of allylic oxidation sites excluding steroid dienone is 8. The molecule has 0 N–H and O–H groups in total. The van der Waals surface area contributed by atoms with Crippen LogP contribution in [0.25, 0.3) is 11.6 Å². The molecule has 3 aliphatic carbocycles. The molecule has 0 fully saturated rings. The fraction of sp³-hybridized carbons (Fsp3) is 0.543. The van der Waals surface area contributed by atoms with Crippen LogP contribution in [0.5, 0.6) is 0 Å². The molecule has 0 nitrogen and oxygen atoms in total. The van der Waals surface area contributed by atoms with Crippen molar-refractivity contribution in [2.75, 3.05) is 0 Å². The zero-order valence-corrected chi connectivity index (χ0v) is 27.4. The Morgan fingerprint density at radius 3 is 1.97 bits per heavy atom. The molecule has 192 valence electrons. The normalized spacial score (nSPS) is 21.6. The molecular weight excluding hydrogens is 512 g/mol. The van der Waals surface area contributed by atoms with E-state index < -0.39 is 0 Å². The molecule has 0 saturated carbocycles. The standard InChI is InChI=1S/C35H47.Zr/c1-21(2)27-19-26(33(7,8)9)17-25-18-29-28(31(25)27)20-30(22(3)4)35(23(5)6,34(10,11)12)32(29)24-15-13-14-16-24;/h13-15,17,19-23H,16H2,1-12H3;/q-1;. The molecule has 0 radical (unpaired) electrons. The van der Waals surface area contributed by atoms with Crippen molar-refractivity contribution in [2.24, 2.45) is 22.7 Å². The van der Waals surface area contributed by atoms with Crippen LogP contribution in [0.1, 0.15) is 107 Å². The van der Waals surface area contributed by atoms with Gasteiger partial charge in [-0.15, -0.1) is 33.7 Å². The summed E-state index contributed by atoms with van der Waals surface area (Å²) in [6.07, 6.45) is 14.6. The van der Waals surface area contributed by atoms with Crippen LogP contribution in [0.3, 0.4) is 0 Å². The smallest absolute Gasteiger partial charge is 0 e. The Labute approximate surface area is 240 Å². The van der Waals surface area contributed by atoms with E-state index in [4.69, 9.17) is 0 Å². The van der Waals surface area contributed by atoms with E-state index in [0.29, 0.717) is 17.8 Å². The minimum Gasteiger partial charge on any atom is -0.122 e. The monoisotopic (exact) mass is 557 g/mol. The fourth-order valence-electron chi connectivity index (χ4n) is 7.20. The number of hydrogen-bond donors (Lipinski definition) is 0. The Morgan fingerprint density at radius 1 is 0.889 bits per heavy atom. The van der Waals surface area contributed by atoms with Crippen LogP contribution >= 0.6 is 0 Å². The van der Waals surface area contributed by atoms with E-state index in [2.05, 4.69) is 126 Å². The largest absolute Gasteiger partial charge is 0.122 e. The van der Waals surface area contributed by atoms with Crippen LogP contribution in [0.15, 0.2) is 58.7 Å². The van der Waals surface area contributed by atoms with Crippen LogP contribution in [0.4, 0.5) is 0 Å². The van der Waals surface area contributed by atoms with Crippen molar-refractivity contribution < 1.29 is 26.2 Å². The second kappa shape index (κ2) is 9.84. The average Bonchev–Trinajstić information content (AvgIpc) is 3.37. The molecule has 0 aromatic heterocycles. The van der Waals surface area contributed by atoms with Gasteiger partial charge in [-0.3, -0.25) is 0 Å². The molecule has 0 bridgehead atoms. The Morgan fingerprint density at radius 2 is 1.53 bits per heavy atom. The van der Waals surface area contributed by atoms with Crippen molar-refractivity contribution >= 4 is 11.6 Å². The van der Waals surface area contributed by atoms with Gasteiger partial charge < -0.3 is 0 Å². The van der Waals surface area contributed by atoms with Crippen LogP contribution in [-0.2, 0) is 31.6 Å². The van der Waals surface area contributed by atoms with Crippen LogP contribution in [0.2, 0.25) is 0 Å². The molecule has 4 rings (SSSR count). The maximum atomic E-state index is 4.04. The molecule has 36 heavy (non-hydrogen) atoms. The third-order valence-electron chi connectivity index (χ3n) is 8.62. The van der Waals surface area contributed by atoms with Gasteiger partial charge in [0.05, 0.1) is 0 Å². The summed E-state index contributed by atoms with van der Waals surface area (Å²) in [4.78, 5) is 0. The molecule has 1 heteroatoms. The van der Waals surface area contributed by atoms with E-state index in [1.807, 2.05) is 0 Å². The van der Waals surface area contributed by atoms with Gasteiger partial charge in [0.15, 0.2) is 0 Å². The molecule has 0 heterocycles. The molecule has 1 atom stereocenters. The second-order valence-electron chi connectivity index (χ2n) is 14.0. The molecule has 0 amide bonds. The van der Waals surface area contributed by atoms with Gasteiger partial charge in [-0.1, -0.05) is 141 Å². The minimum absolute atomic E-state index is 0. The van der Waals surface area contributed by atoms with E-state index in [-0.39, 0.29) is 42.4 Å². The molecule has 0 saturated heterocycles. The number of fused-ring (bicyclic) bond motifs is 2.